The zero-order valence-electron chi connectivity index (χ0n) is 14.2. The predicted octanol–water partition coefficient (Wildman–Crippen LogP) is 2.05. The first-order chi connectivity index (χ1) is 12.1. The standard InChI is InChI=1S/C17H22N4O2S2/c1-11-2-3-14(25-11)16(22)19-12-5-8-21(9-6-12)17(23)13-10-24-15(20-13)4-7-18/h2-3,10,12H,4-9,18H2,1H3,(H,19,22). The van der Waals surface area contributed by atoms with Crippen LogP contribution in [-0.4, -0.2) is 47.4 Å². The lowest BCUT2D eigenvalue weighted by atomic mass is 10.0. The van der Waals surface area contributed by atoms with Crippen LogP contribution in [0.4, 0.5) is 0 Å². The fourth-order valence-corrected chi connectivity index (χ4v) is 4.41. The van der Waals surface area contributed by atoms with E-state index >= 15 is 0 Å². The summed E-state index contributed by atoms with van der Waals surface area (Å²) in [6, 6.07) is 3.92. The lowest BCUT2D eigenvalue weighted by molar-refractivity contribution is 0.0693. The third kappa shape index (κ3) is 4.45. The molecule has 2 aromatic rings. The van der Waals surface area contributed by atoms with Gasteiger partial charge in [0.15, 0.2) is 0 Å². The smallest absolute Gasteiger partial charge is 0.273 e. The molecular weight excluding hydrogens is 356 g/mol. The summed E-state index contributed by atoms with van der Waals surface area (Å²) in [5.74, 6) is -0.0491. The lowest BCUT2D eigenvalue weighted by Gasteiger charge is -2.31. The van der Waals surface area contributed by atoms with Gasteiger partial charge < -0.3 is 16.0 Å². The van der Waals surface area contributed by atoms with Crippen LogP contribution >= 0.6 is 22.7 Å². The molecule has 0 aromatic carbocycles. The molecule has 0 radical (unpaired) electrons. The van der Waals surface area contributed by atoms with Crippen molar-refractivity contribution in [2.24, 2.45) is 5.73 Å². The summed E-state index contributed by atoms with van der Waals surface area (Å²) in [5.41, 5.74) is 6.03. The van der Waals surface area contributed by atoms with Crippen LogP contribution in [0.3, 0.4) is 0 Å². The molecule has 25 heavy (non-hydrogen) atoms. The van der Waals surface area contributed by atoms with Crippen LogP contribution < -0.4 is 11.1 Å². The number of hydrogen-bond acceptors (Lipinski definition) is 6. The Bertz CT molecular complexity index is 747. The molecule has 2 amide bonds. The highest BCUT2D eigenvalue weighted by Gasteiger charge is 2.26. The summed E-state index contributed by atoms with van der Waals surface area (Å²) < 4.78 is 0. The zero-order chi connectivity index (χ0) is 17.8. The summed E-state index contributed by atoms with van der Waals surface area (Å²) >= 11 is 2.98. The van der Waals surface area contributed by atoms with E-state index in [4.69, 9.17) is 5.73 Å². The second-order valence-electron chi connectivity index (χ2n) is 6.12. The molecule has 134 valence electrons. The molecule has 0 aliphatic carbocycles. The van der Waals surface area contributed by atoms with E-state index in [-0.39, 0.29) is 17.9 Å². The van der Waals surface area contributed by atoms with Crippen LogP contribution in [0.5, 0.6) is 0 Å². The second kappa shape index (κ2) is 8.07. The number of rotatable bonds is 5. The van der Waals surface area contributed by atoms with Crippen molar-refractivity contribution in [2.45, 2.75) is 32.2 Å². The van der Waals surface area contributed by atoms with Crippen molar-refractivity contribution in [2.75, 3.05) is 19.6 Å². The Kier molecular flexibility index (Phi) is 5.82. The van der Waals surface area contributed by atoms with Gasteiger partial charge in [-0.2, -0.15) is 0 Å². The Morgan fingerprint density at radius 3 is 2.76 bits per heavy atom. The highest BCUT2D eigenvalue weighted by molar-refractivity contribution is 7.13. The lowest BCUT2D eigenvalue weighted by Crippen LogP contribution is -2.46. The van der Waals surface area contributed by atoms with E-state index in [2.05, 4.69) is 10.3 Å². The number of thiophene rings is 1. The number of nitrogens with two attached hydrogens (primary N) is 1. The molecule has 3 heterocycles. The Hall–Kier alpha value is -1.77. The van der Waals surface area contributed by atoms with E-state index in [1.54, 1.807) is 5.38 Å². The van der Waals surface area contributed by atoms with Crippen molar-refractivity contribution in [3.63, 3.8) is 0 Å². The first kappa shape index (κ1) is 18.0. The third-order valence-corrected chi connectivity index (χ3v) is 6.12. The van der Waals surface area contributed by atoms with Gasteiger partial charge in [0.1, 0.15) is 5.69 Å². The molecular formula is C17H22N4O2S2. The van der Waals surface area contributed by atoms with Crippen molar-refractivity contribution >= 4 is 34.5 Å². The van der Waals surface area contributed by atoms with Gasteiger partial charge >= 0.3 is 0 Å². The largest absolute Gasteiger partial charge is 0.348 e. The molecule has 3 rings (SSSR count). The van der Waals surface area contributed by atoms with Gasteiger partial charge in [0.05, 0.1) is 9.88 Å². The van der Waals surface area contributed by atoms with Gasteiger partial charge in [-0.05, 0) is 38.4 Å². The van der Waals surface area contributed by atoms with Gasteiger partial charge in [-0.25, -0.2) is 4.98 Å². The van der Waals surface area contributed by atoms with E-state index < -0.39 is 0 Å². The van der Waals surface area contributed by atoms with Crippen molar-refractivity contribution in [3.05, 3.63) is 38.0 Å². The normalized spacial score (nSPS) is 15.4. The number of aromatic nitrogens is 1. The third-order valence-electron chi connectivity index (χ3n) is 4.21. The molecule has 1 saturated heterocycles. The molecule has 0 unspecified atom stereocenters. The van der Waals surface area contributed by atoms with E-state index in [1.807, 2.05) is 24.0 Å². The van der Waals surface area contributed by atoms with Crippen LogP contribution in [0.15, 0.2) is 17.5 Å². The predicted molar refractivity (Wildman–Crippen MR) is 100 cm³/mol. The van der Waals surface area contributed by atoms with Gasteiger partial charge in [-0.1, -0.05) is 0 Å². The topological polar surface area (TPSA) is 88.3 Å². The molecule has 0 bridgehead atoms. The molecule has 0 spiro atoms. The first-order valence-corrected chi connectivity index (χ1v) is 10.1. The van der Waals surface area contributed by atoms with Crippen LogP contribution in [0.25, 0.3) is 0 Å². The SMILES string of the molecule is Cc1ccc(C(=O)NC2CCN(C(=O)c3csc(CCN)n3)CC2)s1. The zero-order valence-corrected chi connectivity index (χ0v) is 15.8. The monoisotopic (exact) mass is 378 g/mol. The van der Waals surface area contributed by atoms with Gasteiger partial charge in [-0.15, -0.1) is 22.7 Å². The molecule has 1 fully saturated rings. The Morgan fingerprint density at radius 2 is 2.12 bits per heavy atom. The van der Waals surface area contributed by atoms with E-state index in [0.29, 0.717) is 31.7 Å². The second-order valence-corrected chi connectivity index (χ2v) is 8.35. The number of nitrogens with zero attached hydrogens (tertiary/aromatic N) is 2. The van der Waals surface area contributed by atoms with E-state index in [0.717, 1.165) is 27.6 Å². The number of likely N-dealkylation sites (tertiary alicyclic amines) is 1. The maximum absolute atomic E-state index is 12.5. The van der Waals surface area contributed by atoms with Crippen LogP contribution in [0.2, 0.25) is 0 Å². The summed E-state index contributed by atoms with van der Waals surface area (Å²) in [4.78, 5) is 32.8. The average molecular weight is 379 g/mol. The number of aryl methyl sites for hydroxylation is 1. The highest BCUT2D eigenvalue weighted by Crippen LogP contribution is 2.18. The van der Waals surface area contributed by atoms with Gasteiger partial charge in [0.2, 0.25) is 0 Å². The molecule has 0 saturated carbocycles. The number of carbonyl (C=O) groups is 2. The Morgan fingerprint density at radius 1 is 1.36 bits per heavy atom. The van der Waals surface area contributed by atoms with Crippen molar-refractivity contribution in [3.8, 4) is 0 Å². The number of piperidine rings is 1. The summed E-state index contributed by atoms with van der Waals surface area (Å²) in [7, 11) is 0. The highest BCUT2D eigenvalue weighted by atomic mass is 32.1. The summed E-state index contributed by atoms with van der Waals surface area (Å²) in [6.07, 6.45) is 2.23. The van der Waals surface area contributed by atoms with Crippen LogP contribution in [-0.2, 0) is 6.42 Å². The fraction of sp³-hybridized carbons (Fsp3) is 0.471. The van der Waals surface area contributed by atoms with Crippen LogP contribution in [0, 0.1) is 6.92 Å². The Labute approximate surface area is 155 Å². The van der Waals surface area contributed by atoms with Gasteiger partial charge in [-0.3, -0.25) is 9.59 Å². The van der Waals surface area contributed by atoms with Crippen LogP contribution in [0.1, 0.15) is 42.9 Å². The van der Waals surface area contributed by atoms with E-state index in [1.165, 1.54) is 22.7 Å². The minimum Gasteiger partial charge on any atom is -0.348 e. The van der Waals surface area contributed by atoms with Gasteiger partial charge in [0, 0.05) is 35.8 Å². The molecule has 1 aliphatic heterocycles. The molecule has 2 aromatic heterocycles. The molecule has 8 heteroatoms. The van der Waals surface area contributed by atoms with Crippen molar-refractivity contribution in [1.82, 2.24) is 15.2 Å². The minimum absolute atomic E-state index is 0.0196. The molecule has 1 aliphatic rings. The minimum atomic E-state index is -0.0295. The molecule has 0 atom stereocenters. The van der Waals surface area contributed by atoms with Crippen molar-refractivity contribution in [1.29, 1.82) is 0 Å². The van der Waals surface area contributed by atoms with Gasteiger partial charge in [0.25, 0.3) is 11.8 Å². The summed E-state index contributed by atoms with van der Waals surface area (Å²) in [5, 5.41) is 5.78. The maximum atomic E-state index is 12.5. The molecule has 3 N–H and O–H groups in total. The molecule has 6 nitrogen and oxygen atoms in total. The number of carbonyl (C=O) groups excluding carboxylic acids is 2. The van der Waals surface area contributed by atoms with Crippen molar-refractivity contribution < 1.29 is 9.59 Å². The number of amides is 2. The first-order valence-electron chi connectivity index (χ1n) is 8.38. The number of nitrogens with one attached hydrogen (secondary N) is 1. The number of thiazole rings is 1. The number of hydrogen-bond donors (Lipinski definition) is 2. The fourth-order valence-electron chi connectivity index (χ4n) is 2.85. The van der Waals surface area contributed by atoms with E-state index in [9.17, 15) is 9.59 Å². The maximum Gasteiger partial charge on any atom is 0.273 e. The Balaban J connectivity index is 1.50. The summed E-state index contributed by atoms with van der Waals surface area (Å²) in [6.45, 7) is 3.80. The average Bonchev–Trinajstić information content (AvgIpc) is 3.24. The quantitative estimate of drug-likeness (QED) is 0.833.